The summed E-state index contributed by atoms with van der Waals surface area (Å²) in [7, 11) is 0. The maximum Gasteiger partial charge on any atom is 0.221 e. The first kappa shape index (κ1) is 19.8. The number of guanidine groups is 1. The SMILES string of the molecule is CCNC(=NCc1ccco1)NCCC(=O)NC(C)C.I. The number of aliphatic imine (C=N–C) groups is 1. The Hall–Kier alpha value is -1.25. The van der Waals surface area contributed by atoms with Crippen molar-refractivity contribution in [3.8, 4) is 0 Å². The van der Waals surface area contributed by atoms with Crippen LogP contribution in [0.5, 0.6) is 0 Å². The monoisotopic (exact) mass is 408 g/mol. The zero-order chi connectivity index (χ0) is 14.8. The Morgan fingerprint density at radius 2 is 2.14 bits per heavy atom. The Bertz CT molecular complexity index is 419. The largest absolute Gasteiger partial charge is 0.467 e. The quantitative estimate of drug-likeness (QED) is 0.366. The summed E-state index contributed by atoms with van der Waals surface area (Å²) < 4.78 is 5.22. The van der Waals surface area contributed by atoms with Crippen molar-refractivity contribution in [2.75, 3.05) is 13.1 Å². The molecule has 0 saturated carbocycles. The van der Waals surface area contributed by atoms with E-state index in [9.17, 15) is 4.79 Å². The molecule has 0 fully saturated rings. The average molecular weight is 408 g/mol. The molecule has 1 aromatic heterocycles. The highest BCUT2D eigenvalue weighted by Gasteiger charge is 2.04. The average Bonchev–Trinajstić information content (AvgIpc) is 2.88. The Labute approximate surface area is 143 Å². The first-order chi connectivity index (χ1) is 9.61. The van der Waals surface area contributed by atoms with E-state index in [1.807, 2.05) is 32.9 Å². The molecule has 0 unspecified atom stereocenters. The second-order valence-corrected chi connectivity index (χ2v) is 4.67. The molecule has 1 rings (SSSR count). The molecule has 6 nitrogen and oxygen atoms in total. The molecule has 0 saturated heterocycles. The minimum atomic E-state index is 0. The summed E-state index contributed by atoms with van der Waals surface area (Å²) in [6.45, 7) is 7.67. The van der Waals surface area contributed by atoms with Gasteiger partial charge in [-0.25, -0.2) is 4.99 Å². The van der Waals surface area contributed by atoms with Gasteiger partial charge in [-0.1, -0.05) is 0 Å². The number of nitrogens with zero attached hydrogens (tertiary/aromatic N) is 1. The molecule has 0 aromatic carbocycles. The van der Waals surface area contributed by atoms with E-state index in [-0.39, 0.29) is 35.9 Å². The molecular formula is C14H25IN4O2. The van der Waals surface area contributed by atoms with Crippen molar-refractivity contribution in [1.82, 2.24) is 16.0 Å². The third kappa shape index (κ3) is 9.33. The fourth-order valence-corrected chi connectivity index (χ4v) is 1.59. The Morgan fingerprint density at radius 1 is 1.38 bits per heavy atom. The second-order valence-electron chi connectivity index (χ2n) is 4.67. The number of hydrogen-bond acceptors (Lipinski definition) is 3. The molecule has 3 N–H and O–H groups in total. The summed E-state index contributed by atoms with van der Waals surface area (Å²) >= 11 is 0. The molecule has 120 valence electrons. The van der Waals surface area contributed by atoms with Crippen LogP contribution in [0.1, 0.15) is 33.0 Å². The van der Waals surface area contributed by atoms with Gasteiger partial charge >= 0.3 is 0 Å². The van der Waals surface area contributed by atoms with Crippen LogP contribution >= 0.6 is 24.0 Å². The number of rotatable bonds is 7. The van der Waals surface area contributed by atoms with Crippen molar-refractivity contribution in [2.24, 2.45) is 4.99 Å². The lowest BCUT2D eigenvalue weighted by atomic mass is 10.3. The first-order valence-corrected chi connectivity index (χ1v) is 6.95. The zero-order valence-corrected chi connectivity index (χ0v) is 15.1. The third-order valence-electron chi connectivity index (χ3n) is 2.41. The van der Waals surface area contributed by atoms with Crippen molar-refractivity contribution in [2.45, 2.75) is 39.8 Å². The van der Waals surface area contributed by atoms with E-state index in [2.05, 4.69) is 20.9 Å². The van der Waals surface area contributed by atoms with Gasteiger partial charge in [0, 0.05) is 25.6 Å². The summed E-state index contributed by atoms with van der Waals surface area (Å²) in [5.74, 6) is 1.52. The van der Waals surface area contributed by atoms with Crippen molar-refractivity contribution < 1.29 is 9.21 Å². The topological polar surface area (TPSA) is 78.7 Å². The molecule has 0 spiro atoms. The van der Waals surface area contributed by atoms with Crippen LogP contribution in [0.2, 0.25) is 0 Å². The van der Waals surface area contributed by atoms with Gasteiger partial charge in [-0.15, -0.1) is 24.0 Å². The van der Waals surface area contributed by atoms with Crippen LogP contribution in [0.3, 0.4) is 0 Å². The predicted octanol–water partition coefficient (Wildman–Crippen LogP) is 1.87. The first-order valence-electron chi connectivity index (χ1n) is 6.95. The molecule has 0 radical (unpaired) electrons. The van der Waals surface area contributed by atoms with Crippen LogP contribution < -0.4 is 16.0 Å². The van der Waals surface area contributed by atoms with Gasteiger partial charge in [0.25, 0.3) is 0 Å². The van der Waals surface area contributed by atoms with Crippen LogP contribution in [0.25, 0.3) is 0 Å². The Balaban J connectivity index is 0.00000400. The van der Waals surface area contributed by atoms with E-state index < -0.39 is 0 Å². The van der Waals surface area contributed by atoms with Crippen molar-refractivity contribution in [3.05, 3.63) is 24.2 Å². The molecule has 0 aliphatic carbocycles. The van der Waals surface area contributed by atoms with E-state index in [0.717, 1.165) is 12.3 Å². The Morgan fingerprint density at radius 3 is 2.71 bits per heavy atom. The number of amides is 1. The van der Waals surface area contributed by atoms with E-state index in [1.54, 1.807) is 6.26 Å². The summed E-state index contributed by atoms with van der Waals surface area (Å²) in [5.41, 5.74) is 0. The van der Waals surface area contributed by atoms with E-state index in [4.69, 9.17) is 4.42 Å². The van der Waals surface area contributed by atoms with Gasteiger partial charge in [0.05, 0.1) is 6.26 Å². The number of carbonyl (C=O) groups is 1. The summed E-state index contributed by atoms with van der Waals surface area (Å²) in [6.07, 6.45) is 2.05. The number of nitrogens with one attached hydrogen (secondary N) is 3. The fourth-order valence-electron chi connectivity index (χ4n) is 1.59. The van der Waals surface area contributed by atoms with Crippen molar-refractivity contribution in [1.29, 1.82) is 0 Å². The molecule has 21 heavy (non-hydrogen) atoms. The van der Waals surface area contributed by atoms with Gasteiger partial charge < -0.3 is 20.4 Å². The highest BCUT2D eigenvalue weighted by molar-refractivity contribution is 14.0. The van der Waals surface area contributed by atoms with Crippen LogP contribution in [-0.4, -0.2) is 31.0 Å². The third-order valence-corrected chi connectivity index (χ3v) is 2.41. The lowest BCUT2D eigenvalue weighted by molar-refractivity contribution is -0.121. The summed E-state index contributed by atoms with van der Waals surface area (Å²) in [6, 6.07) is 3.88. The molecule has 0 aliphatic rings. The van der Waals surface area contributed by atoms with E-state index >= 15 is 0 Å². The minimum Gasteiger partial charge on any atom is -0.467 e. The summed E-state index contributed by atoms with van der Waals surface area (Å²) in [5, 5.41) is 9.10. The summed E-state index contributed by atoms with van der Waals surface area (Å²) in [4.78, 5) is 15.9. The molecule has 1 aromatic rings. The molecule has 0 atom stereocenters. The molecule has 7 heteroatoms. The normalized spacial score (nSPS) is 11.0. The number of halogens is 1. The highest BCUT2D eigenvalue weighted by atomic mass is 127. The molecule has 1 amide bonds. The highest BCUT2D eigenvalue weighted by Crippen LogP contribution is 2.00. The van der Waals surface area contributed by atoms with Gasteiger partial charge in [-0.05, 0) is 32.9 Å². The minimum absolute atomic E-state index is 0. The lowest BCUT2D eigenvalue weighted by Crippen LogP contribution is -2.40. The van der Waals surface area contributed by atoms with Crippen molar-refractivity contribution in [3.63, 3.8) is 0 Å². The number of furan rings is 1. The van der Waals surface area contributed by atoms with Gasteiger partial charge in [-0.3, -0.25) is 4.79 Å². The van der Waals surface area contributed by atoms with Crippen molar-refractivity contribution >= 4 is 35.8 Å². The molecule has 0 bridgehead atoms. The number of carbonyl (C=O) groups excluding carboxylic acids is 1. The van der Waals surface area contributed by atoms with Gasteiger partial charge in [0.15, 0.2) is 5.96 Å². The van der Waals surface area contributed by atoms with E-state index in [0.29, 0.717) is 25.5 Å². The second kappa shape index (κ2) is 11.4. The van der Waals surface area contributed by atoms with Gasteiger partial charge in [-0.2, -0.15) is 0 Å². The maximum absolute atomic E-state index is 11.5. The Kier molecular flexibility index (Phi) is 10.7. The van der Waals surface area contributed by atoms with Gasteiger partial charge in [0.1, 0.15) is 12.3 Å². The van der Waals surface area contributed by atoms with Crippen LogP contribution in [-0.2, 0) is 11.3 Å². The predicted molar refractivity (Wildman–Crippen MR) is 94.8 cm³/mol. The standard InChI is InChI=1S/C14H24N4O2.HI/c1-4-15-14(17-10-12-6-5-9-20-12)16-8-7-13(19)18-11(2)3;/h5-6,9,11H,4,7-8,10H2,1-3H3,(H,18,19)(H2,15,16,17);1H. The van der Waals surface area contributed by atoms with E-state index in [1.165, 1.54) is 0 Å². The fraction of sp³-hybridized carbons (Fsp3) is 0.571. The van der Waals surface area contributed by atoms with Crippen LogP contribution in [0.4, 0.5) is 0 Å². The van der Waals surface area contributed by atoms with Crippen LogP contribution in [0.15, 0.2) is 27.8 Å². The maximum atomic E-state index is 11.5. The van der Waals surface area contributed by atoms with Gasteiger partial charge in [0.2, 0.25) is 5.91 Å². The molecule has 1 heterocycles. The number of hydrogen-bond donors (Lipinski definition) is 3. The lowest BCUT2D eigenvalue weighted by Gasteiger charge is -2.12. The molecule has 0 aliphatic heterocycles. The van der Waals surface area contributed by atoms with Crippen LogP contribution in [0, 0.1) is 0 Å². The smallest absolute Gasteiger partial charge is 0.221 e. The molecular weight excluding hydrogens is 383 g/mol. The zero-order valence-electron chi connectivity index (χ0n) is 12.8.